The molecule has 1 unspecified atom stereocenters. The maximum absolute atomic E-state index is 11.3. The van der Waals surface area contributed by atoms with Crippen LogP contribution in [0.1, 0.15) is 26.7 Å². The first-order chi connectivity index (χ1) is 14.8. The van der Waals surface area contributed by atoms with Crippen LogP contribution in [0, 0.1) is 5.92 Å². The zero-order valence-corrected chi connectivity index (χ0v) is 18.3. The molecular formula is C19H33N3O10. The molecule has 0 spiro atoms. The van der Waals surface area contributed by atoms with Gasteiger partial charge in [-0.25, -0.2) is 0 Å². The first kappa shape index (κ1) is 29.2. The Hall–Kier alpha value is -2.77. The molecule has 0 aliphatic rings. The maximum atomic E-state index is 11.3. The highest BCUT2D eigenvalue weighted by molar-refractivity contribution is 5.73. The minimum atomic E-state index is -1.24. The number of hydrogen-bond acceptors (Lipinski definition) is 8. The van der Waals surface area contributed by atoms with Crippen LogP contribution in [0.2, 0.25) is 0 Å². The minimum absolute atomic E-state index is 0.000971. The van der Waals surface area contributed by atoms with E-state index in [1.807, 2.05) is 13.8 Å². The summed E-state index contributed by atoms with van der Waals surface area (Å²) >= 11 is 0. The second-order valence-electron chi connectivity index (χ2n) is 7.94. The van der Waals surface area contributed by atoms with Gasteiger partial charge in [0.2, 0.25) is 0 Å². The highest BCUT2D eigenvalue weighted by Gasteiger charge is 2.27. The van der Waals surface area contributed by atoms with E-state index >= 15 is 0 Å². The first-order valence-corrected chi connectivity index (χ1v) is 10.1. The van der Waals surface area contributed by atoms with Gasteiger partial charge in [-0.2, -0.15) is 0 Å². The number of carboxylic acid groups (broad SMARTS) is 5. The van der Waals surface area contributed by atoms with E-state index in [0.29, 0.717) is 12.8 Å². The predicted molar refractivity (Wildman–Crippen MR) is 110 cm³/mol. The van der Waals surface area contributed by atoms with E-state index in [9.17, 15) is 39.3 Å². The standard InChI is InChI=1S/C19H33N3O10/c1-13(2)3-4-14(22(11-18(29)30)12-19(31)32)7-20(8-15(23)24)5-6-21(9-16(25)26)10-17(27)28/h13-14H,3-12H2,1-2H3,(H,23,24)(H,25,26)(H,27,28)(H,29,30)(H,31,32). The molecule has 0 saturated carbocycles. The Balaban J connectivity index is 5.57. The Labute approximate surface area is 185 Å². The Kier molecular flexibility index (Phi) is 13.8. The molecule has 184 valence electrons. The number of hydrogen-bond donors (Lipinski definition) is 5. The third kappa shape index (κ3) is 15.1. The summed E-state index contributed by atoms with van der Waals surface area (Å²) in [7, 11) is 0. The van der Waals surface area contributed by atoms with Crippen molar-refractivity contribution in [3.63, 3.8) is 0 Å². The lowest BCUT2D eigenvalue weighted by Crippen LogP contribution is -2.50. The third-order valence-corrected chi connectivity index (χ3v) is 4.55. The van der Waals surface area contributed by atoms with Gasteiger partial charge < -0.3 is 25.5 Å². The summed E-state index contributed by atoms with van der Waals surface area (Å²) in [6.07, 6.45) is 1.06. The van der Waals surface area contributed by atoms with Crippen molar-refractivity contribution in [1.82, 2.24) is 14.7 Å². The summed E-state index contributed by atoms with van der Waals surface area (Å²) in [4.78, 5) is 59.6. The van der Waals surface area contributed by atoms with Gasteiger partial charge >= 0.3 is 29.8 Å². The molecule has 13 nitrogen and oxygen atoms in total. The van der Waals surface area contributed by atoms with Crippen molar-refractivity contribution in [2.24, 2.45) is 5.92 Å². The van der Waals surface area contributed by atoms with Gasteiger partial charge in [-0.1, -0.05) is 13.8 Å². The van der Waals surface area contributed by atoms with Gasteiger partial charge in [-0.05, 0) is 18.8 Å². The molecule has 32 heavy (non-hydrogen) atoms. The van der Waals surface area contributed by atoms with Crippen molar-refractivity contribution in [2.45, 2.75) is 32.7 Å². The quantitative estimate of drug-likeness (QED) is 0.158. The van der Waals surface area contributed by atoms with Crippen molar-refractivity contribution in [1.29, 1.82) is 0 Å². The lowest BCUT2D eigenvalue weighted by molar-refractivity contribution is -0.144. The second-order valence-corrected chi connectivity index (χ2v) is 7.94. The normalized spacial score (nSPS) is 12.4. The predicted octanol–water partition coefficient (Wildman–Crippen LogP) is -0.880. The van der Waals surface area contributed by atoms with E-state index in [-0.39, 0.29) is 25.6 Å². The van der Waals surface area contributed by atoms with Gasteiger partial charge in [0.1, 0.15) is 0 Å². The monoisotopic (exact) mass is 463 g/mol. The summed E-state index contributed by atoms with van der Waals surface area (Å²) in [6, 6.07) is -0.587. The Bertz CT molecular complexity index is 623. The van der Waals surface area contributed by atoms with Crippen LogP contribution in [-0.2, 0) is 24.0 Å². The highest BCUT2D eigenvalue weighted by atomic mass is 16.4. The molecule has 0 bridgehead atoms. The van der Waals surface area contributed by atoms with Gasteiger partial charge in [0, 0.05) is 25.7 Å². The van der Waals surface area contributed by atoms with E-state index in [1.165, 1.54) is 9.80 Å². The first-order valence-electron chi connectivity index (χ1n) is 10.1. The van der Waals surface area contributed by atoms with Gasteiger partial charge in [-0.15, -0.1) is 0 Å². The van der Waals surface area contributed by atoms with E-state index in [2.05, 4.69) is 0 Å². The lowest BCUT2D eigenvalue weighted by atomic mass is 10.0. The summed E-state index contributed by atoms with van der Waals surface area (Å²) in [5.41, 5.74) is 0. The smallest absolute Gasteiger partial charge is 0.317 e. The molecule has 0 aliphatic heterocycles. The summed E-state index contributed by atoms with van der Waals surface area (Å²) in [5.74, 6) is -5.86. The SMILES string of the molecule is CC(C)CCC(CN(CCN(CC(=O)O)CC(=O)O)CC(=O)O)N(CC(=O)O)CC(=O)O. The molecule has 5 N–H and O–H groups in total. The zero-order valence-electron chi connectivity index (χ0n) is 18.3. The fourth-order valence-corrected chi connectivity index (χ4v) is 3.18. The van der Waals surface area contributed by atoms with Gasteiger partial charge in [0.05, 0.1) is 32.7 Å². The molecule has 0 aromatic heterocycles. The molecule has 0 rings (SSSR count). The molecule has 1 atom stereocenters. The minimum Gasteiger partial charge on any atom is -0.480 e. The van der Waals surface area contributed by atoms with Crippen LogP contribution in [0.5, 0.6) is 0 Å². The number of nitrogens with zero attached hydrogens (tertiary/aromatic N) is 3. The number of carbonyl (C=O) groups is 5. The fraction of sp³-hybridized carbons (Fsp3) is 0.737. The average Bonchev–Trinajstić information content (AvgIpc) is 2.59. The van der Waals surface area contributed by atoms with Crippen LogP contribution in [0.3, 0.4) is 0 Å². The summed E-state index contributed by atoms with van der Waals surface area (Å²) in [5, 5.41) is 45.5. The van der Waals surface area contributed by atoms with Crippen molar-refractivity contribution in [3.8, 4) is 0 Å². The van der Waals surface area contributed by atoms with Crippen LogP contribution in [0.4, 0.5) is 0 Å². The van der Waals surface area contributed by atoms with Crippen LogP contribution >= 0.6 is 0 Å². The van der Waals surface area contributed by atoms with Crippen molar-refractivity contribution in [2.75, 3.05) is 52.4 Å². The highest BCUT2D eigenvalue weighted by Crippen LogP contribution is 2.14. The molecule has 0 aromatic carbocycles. The largest absolute Gasteiger partial charge is 0.480 e. The topological polar surface area (TPSA) is 196 Å². The molecule has 0 radical (unpaired) electrons. The number of carboxylic acids is 5. The molecule has 0 saturated heterocycles. The maximum Gasteiger partial charge on any atom is 0.317 e. The van der Waals surface area contributed by atoms with E-state index in [4.69, 9.17) is 10.2 Å². The number of rotatable bonds is 19. The third-order valence-electron chi connectivity index (χ3n) is 4.55. The Morgan fingerprint density at radius 2 is 0.969 bits per heavy atom. The van der Waals surface area contributed by atoms with E-state index in [1.54, 1.807) is 0 Å². The van der Waals surface area contributed by atoms with Crippen LogP contribution in [0.25, 0.3) is 0 Å². The zero-order chi connectivity index (χ0) is 24.8. The molecular weight excluding hydrogens is 430 g/mol. The fourth-order valence-electron chi connectivity index (χ4n) is 3.18. The molecule has 0 aliphatic carbocycles. The van der Waals surface area contributed by atoms with Crippen molar-refractivity contribution < 1.29 is 49.5 Å². The van der Waals surface area contributed by atoms with Crippen LogP contribution < -0.4 is 0 Å². The second kappa shape index (κ2) is 15.1. The average molecular weight is 463 g/mol. The van der Waals surface area contributed by atoms with Gasteiger partial charge in [0.15, 0.2) is 0 Å². The summed E-state index contributed by atoms with van der Waals surface area (Å²) in [6.45, 7) is 1.22. The van der Waals surface area contributed by atoms with Crippen LogP contribution in [-0.4, -0.2) is 128 Å². The Morgan fingerprint density at radius 3 is 1.34 bits per heavy atom. The molecule has 0 aromatic rings. The van der Waals surface area contributed by atoms with Crippen molar-refractivity contribution in [3.05, 3.63) is 0 Å². The molecule has 0 heterocycles. The summed E-state index contributed by atoms with van der Waals surface area (Å²) < 4.78 is 0. The van der Waals surface area contributed by atoms with Gasteiger partial charge in [-0.3, -0.25) is 38.7 Å². The van der Waals surface area contributed by atoms with Crippen LogP contribution in [0.15, 0.2) is 0 Å². The van der Waals surface area contributed by atoms with Crippen molar-refractivity contribution >= 4 is 29.8 Å². The molecule has 0 amide bonds. The molecule has 13 heteroatoms. The van der Waals surface area contributed by atoms with E-state index < -0.39 is 68.6 Å². The Morgan fingerprint density at radius 1 is 0.594 bits per heavy atom. The van der Waals surface area contributed by atoms with E-state index in [0.717, 1.165) is 4.90 Å². The molecule has 0 fully saturated rings. The number of aliphatic carboxylic acids is 5. The lowest BCUT2D eigenvalue weighted by Gasteiger charge is -2.34. The van der Waals surface area contributed by atoms with Gasteiger partial charge in [0.25, 0.3) is 0 Å².